The van der Waals surface area contributed by atoms with Crippen molar-refractivity contribution in [1.29, 1.82) is 0 Å². The van der Waals surface area contributed by atoms with Crippen molar-refractivity contribution in [3.8, 4) is 0 Å². The predicted molar refractivity (Wildman–Crippen MR) is 64.6 cm³/mol. The van der Waals surface area contributed by atoms with E-state index in [1.807, 2.05) is 0 Å². The van der Waals surface area contributed by atoms with E-state index in [1.165, 1.54) is 30.8 Å². The van der Waals surface area contributed by atoms with E-state index in [0.29, 0.717) is 5.69 Å². The summed E-state index contributed by atoms with van der Waals surface area (Å²) in [5.41, 5.74) is 0.443. The molecule has 0 aliphatic carbocycles. The molecule has 1 aromatic carbocycles. The van der Waals surface area contributed by atoms with Gasteiger partial charge in [-0.3, -0.25) is 4.79 Å². The highest BCUT2D eigenvalue weighted by Gasteiger charge is 2.31. The minimum atomic E-state index is -2.84. The number of benzene rings is 1. The highest BCUT2D eigenvalue weighted by Crippen LogP contribution is 2.40. The molecule has 1 amide bonds. The quantitative estimate of drug-likeness (QED) is 0.876. The number of hydrogen-bond acceptors (Lipinski definition) is 2. The maximum Gasteiger partial charge on any atom is 0.273 e. The number of alkyl halides is 2. The van der Waals surface area contributed by atoms with Crippen LogP contribution in [0.1, 0.15) is 25.8 Å². The van der Waals surface area contributed by atoms with Gasteiger partial charge in [0.2, 0.25) is 5.91 Å². The van der Waals surface area contributed by atoms with E-state index in [-0.39, 0.29) is 23.1 Å². The lowest BCUT2D eigenvalue weighted by atomic mass is 10.1. The number of fused-ring (bicyclic) bond motifs is 1. The molecule has 2 nitrogen and oxygen atoms in total. The molecule has 0 bridgehead atoms. The number of thioether (sulfide) groups is 1. The van der Waals surface area contributed by atoms with Crippen LogP contribution in [0.4, 0.5) is 14.5 Å². The molecule has 92 valence electrons. The summed E-state index contributed by atoms with van der Waals surface area (Å²) in [5.74, 6) is -2.98. The molecule has 0 saturated heterocycles. The molecular formula is C12H13F2NOS. The Morgan fingerprint density at radius 1 is 1.47 bits per heavy atom. The van der Waals surface area contributed by atoms with Gasteiger partial charge in [0.25, 0.3) is 5.92 Å². The number of carbonyl (C=O) groups excluding carboxylic acids is 1. The first kappa shape index (κ1) is 12.4. The van der Waals surface area contributed by atoms with Crippen LogP contribution in [0.15, 0.2) is 23.1 Å². The number of halogens is 2. The number of hydrogen-bond donors (Lipinski definition) is 1. The van der Waals surface area contributed by atoms with E-state index in [1.54, 1.807) is 13.0 Å². The van der Waals surface area contributed by atoms with Gasteiger partial charge in [-0.1, -0.05) is 13.0 Å². The van der Waals surface area contributed by atoms with Gasteiger partial charge in [-0.15, -0.1) is 11.8 Å². The van der Waals surface area contributed by atoms with E-state index in [0.717, 1.165) is 4.90 Å². The average Bonchev–Trinajstić information content (AvgIpc) is 2.30. The Labute approximate surface area is 103 Å². The molecule has 1 unspecified atom stereocenters. The van der Waals surface area contributed by atoms with Crippen molar-refractivity contribution >= 4 is 23.4 Å². The van der Waals surface area contributed by atoms with Gasteiger partial charge in [0.15, 0.2) is 0 Å². The van der Waals surface area contributed by atoms with Crippen molar-refractivity contribution < 1.29 is 13.6 Å². The molecule has 1 aliphatic heterocycles. The van der Waals surface area contributed by atoms with E-state index >= 15 is 0 Å². The molecule has 1 aromatic rings. The zero-order valence-electron chi connectivity index (χ0n) is 9.59. The molecule has 0 spiro atoms. The van der Waals surface area contributed by atoms with Gasteiger partial charge in [0, 0.05) is 16.9 Å². The fourth-order valence-electron chi connectivity index (χ4n) is 1.64. The van der Waals surface area contributed by atoms with Gasteiger partial charge < -0.3 is 5.32 Å². The van der Waals surface area contributed by atoms with Gasteiger partial charge >= 0.3 is 0 Å². The summed E-state index contributed by atoms with van der Waals surface area (Å²) in [7, 11) is 0. The van der Waals surface area contributed by atoms with Gasteiger partial charge in [0.1, 0.15) is 0 Å². The monoisotopic (exact) mass is 257 g/mol. The zero-order chi connectivity index (χ0) is 12.6. The normalized spacial score (nSPS) is 19.8. The van der Waals surface area contributed by atoms with Crippen molar-refractivity contribution in [2.45, 2.75) is 36.3 Å². The second kappa shape index (κ2) is 4.29. The minimum absolute atomic E-state index is 0.0470. The SMILES string of the molecule is CCC(F)(F)c1ccc2c(c1)NC(=O)C(C)S2. The smallest absolute Gasteiger partial charge is 0.273 e. The molecule has 5 heteroatoms. The molecular weight excluding hydrogens is 244 g/mol. The largest absolute Gasteiger partial charge is 0.324 e. The van der Waals surface area contributed by atoms with E-state index in [2.05, 4.69) is 5.32 Å². The van der Waals surface area contributed by atoms with Crippen LogP contribution in [-0.4, -0.2) is 11.2 Å². The Kier molecular flexibility index (Phi) is 3.12. The summed E-state index contributed by atoms with van der Waals surface area (Å²) in [6.07, 6.45) is -0.247. The van der Waals surface area contributed by atoms with E-state index in [4.69, 9.17) is 0 Å². The van der Waals surface area contributed by atoms with Crippen LogP contribution in [0.3, 0.4) is 0 Å². The minimum Gasteiger partial charge on any atom is -0.324 e. The van der Waals surface area contributed by atoms with Crippen molar-refractivity contribution in [3.63, 3.8) is 0 Å². The number of nitrogens with one attached hydrogen (secondary N) is 1. The van der Waals surface area contributed by atoms with Crippen LogP contribution in [0.2, 0.25) is 0 Å². The first-order chi connectivity index (χ1) is 7.94. The summed E-state index contributed by atoms with van der Waals surface area (Å²) in [6.45, 7) is 3.23. The van der Waals surface area contributed by atoms with Gasteiger partial charge in [-0.05, 0) is 19.1 Å². The second-order valence-electron chi connectivity index (χ2n) is 4.02. The Morgan fingerprint density at radius 3 is 2.82 bits per heavy atom. The highest BCUT2D eigenvalue weighted by atomic mass is 32.2. The summed E-state index contributed by atoms with van der Waals surface area (Å²) in [5, 5.41) is 2.47. The molecule has 0 aromatic heterocycles. The zero-order valence-corrected chi connectivity index (χ0v) is 10.4. The first-order valence-electron chi connectivity index (χ1n) is 5.44. The average molecular weight is 257 g/mol. The molecule has 1 atom stereocenters. The van der Waals surface area contributed by atoms with Crippen molar-refractivity contribution in [2.24, 2.45) is 0 Å². The number of carbonyl (C=O) groups is 1. The standard InChI is InChI=1S/C12H13F2NOS/c1-3-12(13,14)8-4-5-10-9(6-8)15-11(16)7(2)17-10/h4-7H,3H2,1-2H3,(H,15,16). The molecule has 1 aliphatic rings. The Bertz CT molecular complexity index is 462. The van der Waals surface area contributed by atoms with Crippen LogP contribution in [0, 0.1) is 0 Å². The van der Waals surface area contributed by atoms with Crippen LogP contribution in [0.25, 0.3) is 0 Å². The third-order valence-corrected chi connectivity index (χ3v) is 3.95. The first-order valence-corrected chi connectivity index (χ1v) is 6.32. The third-order valence-electron chi connectivity index (χ3n) is 2.78. The third kappa shape index (κ3) is 2.29. The maximum atomic E-state index is 13.5. The lowest BCUT2D eigenvalue weighted by molar-refractivity contribution is -0.115. The fraction of sp³-hybridized carbons (Fsp3) is 0.417. The van der Waals surface area contributed by atoms with Crippen molar-refractivity contribution in [2.75, 3.05) is 5.32 Å². The van der Waals surface area contributed by atoms with Crippen LogP contribution >= 0.6 is 11.8 Å². The summed E-state index contributed by atoms with van der Waals surface area (Å²) < 4.78 is 27.0. The fourth-order valence-corrected chi connectivity index (χ4v) is 2.57. The number of rotatable bonds is 2. The Balaban J connectivity index is 2.38. The molecule has 1 heterocycles. The molecule has 0 saturated carbocycles. The van der Waals surface area contributed by atoms with Crippen LogP contribution in [-0.2, 0) is 10.7 Å². The topological polar surface area (TPSA) is 29.1 Å². The maximum absolute atomic E-state index is 13.5. The van der Waals surface area contributed by atoms with Gasteiger partial charge in [-0.2, -0.15) is 0 Å². The summed E-state index contributed by atoms with van der Waals surface area (Å²) >= 11 is 1.39. The number of amides is 1. The Hall–Kier alpha value is -1.10. The van der Waals surface area contributed by atoms with E-state index < -0.39 is 5.92 Å². The highest BCUT2D eigenvalue weighted by molar-refractivity contribution is 8.00. The molecule has 17 heavy (non-hydrogen) atoms. The number of anilines is 1. The van der Waals surface area contributed by atoms with Crippen LogP contribution in [0.5, 0.6) is 0 Å². The Morgan fingerprint density at radius 2 is 2.18 bits per heavy atom. The molecule has 0 radical (unpaired) electrons. The molecule has 1 N–H and O–H groups in total. The molecule has 0 fully saturated rings. The van der Waals surface area contributed by atoms with Gasteiger partial charge in [0.05, 0.1) is 10.9 Å². The second-order valence-corrected chi connectivity index (χ2v) is 5.40. The van der Waals surface area contributed by atoms with E-state index in [9.17, 15) is 13.6 Å². The summed E-state index contributed by atoms with van der Waals surface area (Å²) in [6, 6.07) is 4.45. The van der Waals surface area contributed by atoms with Crippen LogP contribution < -0.4 is 5.32 Å². The molecule has 2 rings (SSSR count). The van der Waals surface area contributed by atoms with Crippen molar-refractivity contribution in [1.82, 2.24) is 0 Å². The lowest BCUT2D eigenvalue weighted by Crippen LogP contribution is -2.26. The van der Waals surface area contributed by atoms with Gasteiger partial charge in [-0.25, -0.2) is 8.78 Å². The predicted octanol–water partition coefficient (Wildman–Crippen LogP) is 3.62. The van der Waals surface area contributed by atoms with Crippen molar-refractivity contribution in [3.05, 3.63) is 23.8 Å². The summed E-state index contributed by atoms with van der Waals surface area (Å²) in [4.78, 5) is 12.3. The lowest BCUT2D eigenvalue weighted by Gasteiger charge is -2.23.